The Bertz CT molecular complexity index is 142. The minimum absolute atomic E-state index is 0.623. The van der Waals surface area contributed by atoms with E-state index in [9.17, 15) is 0 Å². The third kappa shape index (κ3) is 1.20. The van der Waals surface area contributed by atoms with Crippen LogP contribution in [0.25, 0.3) is 0 Å². The summed E-state index contributed by atoms with van der Waals surface area (Å²) < 4.78 is 0. The van der Waals surface area contributed by atoms with Gasteiger partial charge in [0, 0.05) is 6.04 Å². The molecule has 0 spiro atoms. The van der Waals surface area contributed by atoms with Crippen molar-refractivity contribution in [3.05, 3.63) is 0 Å². The summed E-state index contributed by atoms with van der Waals surface area (Å²) >= 11 is 0. The Balaban J connectivity index is 2.58. The predicted molar refractivity (Wildman–Crippen MR) is 49.7 cm³/mol. The fourth-order valence-corrected chi connectivity index (χ4v) is 2.75. The Morgan fingerprint density at radius 2 is 1.82 bits per heavy atom. The van der Waals surface area contributed by atoms with Crippen LogP contribution in [0.1, 0.15) is 33.6 Å². The monoisotopic (exact) mass is 155 g/mol. The Hall–Kier alpha value is -0.0400. The van der Waals surface area contributed by atoms with Gasteiger partial charge in [0.15, 0.2) is 0 Å². The molecule has 1 aliphatic carbocycles. The highest BCUT2D eigenvalue weighted by molar-refractivity contribution is 5.11. The average molecular weight is 155 g/mol. The molecule has 0 amide bonds. The highest BCUT2D eigenvalue weighted by Gasteiger charge is 2.59. The molecular weight excluding hydrogens is 134 g/mol. The first-order valence-corrected chi connectivity index (χ1v) is 4.74. The lowest BCUT2D eigenvalue weighted by molar-refractivity contribution is 0.329. The van der Waals surface area contributed by atoms with Gasteiger partial charge in [-0.2, -0.15) is 0 Å². The van der Waals surface area contributed by atoms with E-state index in [1.807, 2.05) is 0 Å². The SMILES string of the molecule is CCC1C(N(C)C)C1(C)CC. The fourth-order valence-electron chi connectivity index (χ4n) is 2.75. The van der Waals surface area contributed by atoms with Crippen molar-refractivity contribution in [2.24, 2.45) is 11.3 Å². The van der Waals surface area contributed by atoms with Crippen LogP contribution in [0.4, 0.5) is 0 Å². The van der Waals surface area contributed by atoms with Gasteiger partial charge in [-0.25, -0.2) is 0 Å². The Morgan fingerprint density at radius 1 is 1.27 bits per heavy atom. The van der Waals surface area contributed by atoms with Gasteiger partial charge in [-0.15, -0.1) is 0 Å². The van der Waals surface area contributed by atoms with Crippen molar-refractivity contribution in [1.29, 1.82) is 0 Å². The van der Waals surface area contributed by atoms with Gasteiger partial charge in [-0.05, 0) is 31.8 Å². The Kier molecular flexibility index (Phi) is 2.29. The van der Waals surface area contributed by atoms with Crippen molar-refractivity contribution in [1.82, 2.24) is 4.90 Å². The minimum Gasteiger partial charge on any atom is -0.306 e. The Morgan fingerprint density at radius 3 is 1.91 bits per heavy atom. The molecule has 1 fully saturated rings. The van der Waals surface area contributed by atoms with Gasteiger partial charge >= 0.3 is 0 Å². The molecule has 1 saturated carbocycles. The topological polar surface area (TPSA) is 3.24 Å². The van der Waals surface area contributed by atoms with Crippen molar-refractivity contribution in [2.45, 2.75) is 39.7 Å². The number of hydrogen-bond acceptors (Lipinski definition) is 1. The van der Waals surface area contributed by atoms with E-state index in [4.69, 9.17) is 0 Å². The van der Waals surface area contributed by atoms with Gasteiger partial charge in [0.25, 0.3) is 0 Å². The van der Waals surface area contributed by atoms with Gasteiger partial charge in [0.1, 0.15) is 0 Å². The van der Waals surface area contributed by atoms with Crippen LogP contribution in [0.3, 0.4) is 0 Å². The summed E-state index contributed by atoms with van der Waals surface area (Å²) in [6, 6.07) is 0.845. The van der Waals surface area contributed by atoms with Crippen molar-refractivity contribution >= 4 is 0 Å². The van der Waals surface area contributed by atoms with Gasteiger partial charge in [-0.3, -0.25) is 0 Å². The molecule has 1 nitrogen and oxygen atoms in total. The predicted octanol–water partition coefficient (Wildman–Crippen LogP) is 2.37. The third-order valence-electron chi connectivity index (χ3n) is 3.55. The zero-order chi connectivity index (χ0) is 8.65. The normalized spacial score (nSPS) is 43.1. The molecule has 1 heteroatoms. The highest BCUT2D eigenvalue weighted by atomic mass is 15.2. The lowest BCUT2D eigenvalue weighted by atomic mass is 10.0. The van der Waals surface area contributed by atoms with E-state index < -0.39 is 0 Å². The van der Waals surface area contributed by atoms with Crippen molar-refractivity contribution < 1.29 is 0 Å². The average Bonchev–Trinajstić information content (AvgIpc) is 2.57. The molecule has 0 bridgehead atoms. The molecule has 0 N–H and O–H groups in total. The van der Waals surface area contributed by atoms with Crippen molar-refractivity contribution in [3.8, 4) is 0 Å². The van der Waals surface area contributed by atoms with Crippen LogP contribution in [-0.4, -0.2) is 25.0 Å². The third-order valence-corrected chi connectivity index (χ3v) is 3.55. The quantitative estimate of drug-likeness (QED) is 0.605. The molecule has 0 heterocycles. The second-order valence-corrected chi connectivity index (χ2v) is 4.28. The van der Waals surface area contributed by atoms with Crippen LogP contribution in [0.5, 0.6) is 0 Å². The number of hydrogen-bond donors (Lipinski definition) is 0. The molecule has 1 rings (SSSR count). The van der Waals surface area contributed by atoms with Gasteiger partial charge in [0.05, 0.1) is 0 Å². The number of nitrogens with zero attached hydrogens (tertiary/aromatic N) is 1. The first-order valence-electron chi connectivity index (χ1n) is 4.74. The van der Waals surface area contributed by atoms with E-state index in [-0.39, 0.29) is 0 Å². The molecule has 3 atom stereocenters. The summed E-state index contributed by atoms with van der Waals surface area (Å²) in [6.07, 6.45) is 2.67. The zero-order valence-electron chi connectivity index (χ0n) is 8.52. The van der Waals surface area contributed by atoms with Gasteiger partial charge in [-0.1, -0.05) is 27.2 Å². The highest BCUT2D eigenvalue weighted by Crippen LogP contribution is 2.58. The molecular formula is C10H21N. The lowest BCUT2D eigenvalue weighted by Crippen LogP contribution is -2.20. The van der Waals surface area contributed by atoms with Crippen LogP contribution in [-0.2, 0) is 0 Å². The van der Waals surface area contributed by atoms with Crippen LogP contribution in [0.2, 0.25) is 0 Å². The number of rotatable bonds is 3. The molecule has 0 aromatic rings. The lowest BCUT2D eigenvalue weighted by Gasteiger charge is -2.12. The van der Waals surface area contributed by atoms with E-state index in [2.05, 4.69) is 39.8 Å². The zero-order valence-corrected chi connectivity index (χ0v) is 8.52. The standard InChI is InChI=1S/C10H21N/c1-6-8-9(11(4)5)10(8,3)7-2/h8-9H,6-7H2,1-5H3. The molecule has 0 radical (unpaired) electrons. The maximum atomic E-state index is 2.42. The fraction of sp³-hybridized carbons (Fsp3) is 1.00. The molecule has 66 valence electrons. The van der Waals surface area contributed by atoms with Crippen molar-refractivity contribution in [3.63, 3.8) is 0 Å². The maximum Gasteiger partial charge on any atom is 0.0180 e. The smallest absolute Gasteiger partial charge is 0.0180 e. The van der Waals surface area contributed by atoms with Crippen LogP contribution in [0, 0.1) is 11.3 Å². The summed E-state index contributed by atoms with van der Waals surface area (Å²) in [7, 11) is 4.41. The molecule has 0 aromatic heterocycles. The second-order valence-electron chi connectivity index (χ2n) is 4.28. The summed E-state index contributed by atoms with van der Waals surface area (Å²) in [4.78, 5) is 2.39. The van der Waals surface area contributed by atoms with E-state index in [0.29, 0.717) is 5.41 Å². The van der Waals surface area contributed by atoms with Crippen LogP contribution < -0.4 is 0 Å². The maximum absolute atomic E-state index is 2.42. The molecule has 0 saturated heterocycles. The summed E-state index contributed by atoms with van der Waals surface area (Å²) in [5, 5.41) is 0. The largest absolute Gasteiger partial charge is 0.306 e. The first-order chi connectivity index (χ1) is 5.07. The minimum atomic E-state index is 0.623. The van der Waals surface area contributed by atoms with E-state index >= 15 is 0 Å². The van der Waals surface area contributed by atoms with Crippen LogP contribution >= 0.6 is 0 Å². The summed E-state index contributed by atoms with van der Waals surface area (Å²) in [5.74, 6) is 0.947. The van der Waals surface area contributed by atoms with Gasteiger partial charge < -0.3 is 4.90 Å². The van der Waals surface area contributed by atoms with Gasteiger partial charge in [0.2, 0.25) is 0 Å². The molecule has 11 heavy (non-hydrogen) atoms. The summed E-state index contributed by atoms with van der Waals surface area (Å²) in [5.41, 5.74) is 0.623. The second kappa shape index (κ2) is 2.78. The van der Waals surface area contributed by atoms with E-state index in [1.54, 1.807) is 0 Å². The summed E-state index contributed by atoms with van der Waals surface area (Å²) in [6.45, 7) is 7.04. The first kappa shape index (κ1) is 9.05. The Labute approximate surface area is 70.8 Å². The van der Waals surface area contributed by atoms with E-state index in [0.717, 1.165) is 12.0 Å². The van der Waals surface area contributed by atoms with Crippen molar-refractivity contribution in [2.75, 3.05) is 14.1 Å². The van der Waals surface area contributed by atoms with E-state index in [1.165, 1.54) is 12.8 Å². The van der Waals surface area contributed by atoms with Crippen LogP contribution in [0.15, 0.2) is 0 Å². The molecule has 0 aromatic carbocycles. The molecule has 1 aliphatic rings. The molecule has 3 unspecified atom stereocenters. The molecule has 0 aliphatic heterocycles.